The van der Waals surface area contributed by atoms with Crippen molar-refractivity contribution in [3.63, 3.8) is 0 Å². The minimum absolute atomic E-state index is 0.0567. The van der Waals surface area contributed by atoms with E-state index in [1.54, 1.807) is 31.4 Å². The van der Waals surface area contributed by atoms with E-state index in [9.17, 15) is 18.0 Å². The summed E-state index contributed by atoms with van der Waals surface area (Å²) in [7, 11) is 1.35. The van der Waals surface area contributed by atoms with E-state index >= 15 is 0 Å². The van der Waals surface area contributed by atoms with E-state index in [0.717, 1.165) is 11.1 Å². The van der Waals surface area contributed by atoms with E-state index in [4.69, 9.17) is 14.2 Å². The Kier molecular flexibility index (Phi) is 10.3. The first-order chi connectivity index (χ1) is 21.6. The van der Waals surface area contributed by atoms with Crippen molar-refractivity contribution in [2.24, 2.45) is 0 Å². The maximum absolute atomic E-state index is 13.7. The number of carbonyl (C=O) groups is 2. The molecule has 45 heavy (non-hydrogen) atoms. The number of sulfonamides is 1. The van der Waals surface area contributed by atoms with Crippen LogP contribution in [0.4, 0.5) is 0 Å². The van der Waals surface area contributed by atoms with Crippen LogP contribution in [0.5, 0.6) is 17.2 Å². The molecule has 0 aromatic heterocycles. The van der Waals surface area contributed by atoms with Crippen molar-refractivity contribution < 1.29 is 32.2 Å². The SMILES string of the molecule is COc1ccc2cc1-c1cccc(c1)OCC(=O)NCc1ccc(cc1)O[C@@H]1CCN(CCCS(=O)(=O)N(C)C)C[C@H]1NC2=O. The van der Waals surface area contributed by atoms with E-state index < -0.39 is 10.0 Å². The van der Waals surface area contributed by atoms with Crippen LogP contribution < -0.4 is 24.8 Å². The Labute approximate surface area is 264 Å². The lowest BCUT2D eigenvalue weighted by molar-refractivity contribution is -0.123. The molecule has 3 aromatic carbocycles. The highest BCUT2D eigenvalue weighted by molar-refractivity contribution is 7.89. The summed E-state index contributed by atoms with van der Waals surface area (Å²) < 4.78 is 43.6. The van der Waals surface area contributed by atoms with E-state index in [1.165, 1.54) is 18.4 Å². The molecular weight excluding hydrogens is 596 g/mol. The number of nitrogens with zero attached hydrogens (tertiary/aromatic N) is 2. The second kappa shape index (κ2) is 14.3. The van der Waals surface area contributed by atoms with Gasteiger partial charge in [-0.3, -0.25) is 9.59 Å². The highest BCUT2D eigenvalue weighted by atomic mass is 32.2. The van der Waals surface area contributed by atoms with Crippen molar-refractivity contribution in [2.75, 3.05) is 53.2 Å². The van der Waals surface area contributed by atoms with Gasteiger partial charge in [0.2, 0.25) is 10.0 Å². The lowest BCUT2D eigenvalue weighted by Crippen LogP contribution is -2.57. The van der Waals surface area contributed by atoms with Crippen LogP contribution in [0.15, 0.2) is 66.7 Å². The normalized spacial score (nSPS) is 19.5. The zero-order chi connectivity index (χ0) is 32.0. The molecule has 0 radical (unpaired) electrons. The van der Waals surface area contributed by atoms with Crippen LogP contribution in [-0.2, 0) is 21.4 Å². The van der Waals surface area contributed by atoms with Gasteiger partial charge < -0.3 is 29.7 Å². The van der Waals surface area contributed by atoms with Crippen LogP contribution in [0.1, 0.15) is 28.8 Å². The Morgan fingerprint density at radius 3 is 2.56 bits per heavy atom. The molecule has 3 aliphatic rings. The van der Waals surface area contributed by atoms with Gasteiger partial charge in [0, 0.05) is 44.9 Å². The Bertz CT molecular complexity index is 1610. The fourth-order valence-electron chi connectivity index (χ4n) is 5.48. The molecule has 6 rings (SSSR count). The zero-order valence-corrected chi connectivity index (χ0v) is 26.6. The molecule has 2 atom stereocenters. The maximum atomic E-state index is 13.7. The lowest BCUT2D eigenvalue weighted by atomic mass is 9.99. The van der Waals surface area contributed by atoms with E-state index in [-0.39, 0.29) is 36.3 Å². The topological polar surface area (TPSA) is 127 Å². The third kappa shape index (κ3) is 8.33. The van der Waals surface area contributed by atoms with Gasteiger partial charge in [-0.25, -0.2) is 12.7 Å². The molecule has 11 nitrogen and oxygen atoms in total. The molecule has 1 fully saturated rings. The number of piperidine rings is 1. The van der Waals surface area contributed by atoms with Crippen LogP contribution in [-0.4, -0.2) is 94.8 Å². The Morgan fingerprint density at radius 1 is 1.00 bits per heavy atom. The molecule has 0 saturated carbocycles. The van der Waals surface area contributed by atoms with Crippen molar-refractivity contribution in [3.8, 4) is 28.4 Å². The van der Waals surface area contributed by atoms with Gasteiger partial charge >= 0.3 is 0 Å². The third-order valence-corrected chi connectivity index (χ3v) is 9.98. The molecule has 1 saturated heterocycles. The lowest BCUT2D eigenvalue weighted by Gasteiger charge is -2.39. The van der Waals surface area contributed by atoms with Crippen LogP contribution in [0.2, 0.25) is 0 Å². The second-order valence-electron chi connectivity index (χ2n) is 11.4. The van der Waals surface area contributed by atoms with Crippen molar-refractivity contribution in [1.82, 2.24) is 19.8 Å². The van der Waals surface area contributed by atoms with Crippen molar-refractivity contribution in [2.45, 2.75) is 31.5 Å². The number of fused-ring (bicyclic) bond motifs is 7. The van der Waals surface area contributed by atoms with Gasteiger partial charge in [-0.15, -0.1) is 0 Å². The first-order valence-corrected chi connectivity index (χ1v) is 16.6. The van der Waals surface area contributed by atoms with Crippen LogP contribution in [0.25, 0.3) is 11.1 Å². The first kappa shape index (κ1) is 32.3. The molecule has 240 valence electrons. The summed E-state index contributed by atoms with van der Waals surface area (Å²) >= 11 is 0. The average Bonchev–Trinajstić information content (AvgIpc) is 3.03. The molecule has 0 unspecified atom stereocenters. The Morgan fingerprint density at radius 2 is 1.80 bits per heavy atom. The molecule has 2 N–H and O–H groups in total. The predicted molar refractivity (Wildman–Crippen MR) is 171 cm³/mol. The summed E-state index contributed by atoms with van der Waals surface area (Å²) in [5, 5.41) is 6.08. The average molecular weight is 637 g/mol. The maximum Gasteiger partial charge on any atom is 0.258 e. The molecule has 3 aliphatic heterocycles. The van der Waals surface area contributed by atoms with Gasteiger partial charge in [0.25, 0.3) is 11.8 Å². The minimum atomic E-state index is -3.29. The number of rotatable bonds is 6. The first-order valence-electron chi connectivity index (χ1n) is 15.0. The van der Waals surface area contributed by atoms with Gasteiger partial charge in [0.1, 0.15) is 23.4 Å². The Hall–Kier alpha value is -4.13. The van der Waals surface area contributed by atoms with Crippen LogP contribution in [0, 0.1) is 0 Å². The van der Waals surface area contributed by atoms with E-state index in [2.05, 4.69) is 15.5 Å². The van der Waals surface area contributed by atoms with Crippen LogP contribution >= 0.6 is 0 Å². The van der Waals surface area contributed by atoms with Gasteiger partial charge in [0.05, 0.1) is 18.9 Å². The summed E-state index contributed by atoms with van der Waals surface area (Å²) in [6.45, 7) is 1.99. The van der Waals surface area contributed by atoms with Gasteiger partial charge in [-0.1, -0.05) is 24.3 Å². The minimum Gasteiger partial charge on any atom is -0.496 e. The van der Waals surface area contributed by atoms with Gasteiger partial charge in [0.15, 0.2) is 6.61 Å². The molecule has 6 bridgehead atoms. The molecule has 0 aliphatic carbocycles. The fourth-order valence-corrected chi connectivity index (χ4v) is 6.33. The van der Waals surface area contributed by atoms with Crippen molar-refractivity contribution in [1.29, 1.82) is 0 Å². The van der Waals surface area contributed by atoms with Gasteiger partial charge in [-0.2, -0.15) is 0 Å². The van der Waals surface area contributed by atoms with Crippen molar-refractivity contribution in [3.05, 3.63) is 77.9 Å². The summed E-state index contributed by atoms with van der Waals surface area (Å²) in [6.07, 6.45) is 0.817. The quantitative estimate of drug-likeness (QED) is 0.423. The standard InChI is InChI=1S/C33H40N4O7S/c1-36(2)45(40,41)17-5-15-37-16-14-31-29(21-37)35-33(39)25-10-13-30(42-3)28(19-25)24-6-4-7-27(18-24)43-22-32(38)34-20-23-8-11-26(44-31)12-9-23/h4,6-13,18-19,29,31H,5,14-17,20-22H2,1-3H3,(H,34,38)(H,35,39)/t29-,31-/m1/s1. The van der Waals surface area contributed by atoms with E-state index in [1.807, 2.05) is 42.5 Å². The van der Waals surface area contributed by atoms with Gasteiger partial charge in [-0.05, 0) is 73.0 Å². The molecule has 12 heteroatoms. The molecule has 0 spiro atoms. The monoisotopic (exact) mass is 636 g/mol. The number of hydrogen-bond donors (Lipinski definition) is 2. The molecular formula is C33H40N4O7S. The summed E-state index contributed by atoms with van der Waals surface area (Å²) in [6, 6.07) is 19.7. The highest BCUT2D eigenvalue weighted by Crippen LogP contribution is 2.33. The molecule has 3 aromatic rings. The number of hydrogen-bond acceptors (Lipinski definition) is 8. The summed E-state index contributed by atoms with van der Waals surface area (Å²) in [4.78, 5) is 28.4. The molecule has 2 amide bonds. The highest BCUT2D eigenvalue weighted by Gasteiger charge is 2.33. The second-order valence-corrected chi connectivity index (χ2v) is 13.7. The number of amides is 2. The van der Waals surface area contributed by atoms with E-state index in [0.29, 0.717) is 67.4 Å². The number of methoxy groups -OCH3 is 1. The number of benzene rings is 3. The predicted octanol–water partition coefficient (Wildman–Crippen LogP) is 2.90. The smallest absolute Gasteiger partial charge is 0.258 e. The zero-order valence-electron chi connectivity index (χ0n) is 25.8. The third-order valence-electron chi connectivity index (χ3n) is 8.06. The molecule has 3 heterocycles. The Balaban J connectivity index is 1.43. The summed E-state index contributed by atoms with van der Waals surface area (Å²) in [5.74, 6) is 1.30. The number of nitrogens with one attached hydrogen (secondary N) is 2. The number of likely N-dealkylation sites (tertiary alicyclic amines) is 1. The fraction of sp³-hybridized carbons (Fsp3) is 0.394. The van der Waals surface area contributed by atoms with Crippen LogP contribution in [0.3, 0.4) is 0 Å². The largest absolute Gasteiger partial charge is 0.496 e. The number of carbonyl (C=O) groups excluding carboxylic acids is 2. The number of ether oxygens (including phenoxy) is 3. The van der Waals surface area contributed by atoms with Crippen molar-refractivity contribution >= 4 is 21.8 Å². The summed E-state index contributed by atoms with van der Waals surface area (Å²) in [5.41, 5.74) is 2.83.